The molecule has 2 amide bonds. The van der Waals surface area contributed by atoms with Gasteiger partial charge in [0.25, 0.3) is 5.91 Å². The average molecular weight is 420 g/mol. The molecule has 0 unspecified atom stereocenters. The molecule has 3 rings (SSSR count). The predicted octanol–water partition coefficient (Wildman–Crippen LogP) is 4.57. The molecule has 0 aliphatic carbocycles. The number of carbonyl (C=O) groups is 3. The Hall–Kier alpha value is -4.00. The second kappa shape index (κ2) is 10.2. The topological polar surface area (TPSA) is 84.5 Å². The number of ether oxygens (including phenoxy) is 1. The standard InChI is InChI=1S/C24H21FN2O4/c1-16(28)31-22-7-2-4-18(14-22)24(30)27-21-6-3-5-20(15-21)26-23(29)13-10-17-8-11-19(25)12-9-17/h2-9,11-12,14-15H,10,13H2,1H3,(H,26,29)(H,27,30). The fourth-order valence-electron chi connectivity index (χ4n) is 2.88. The van der Waals surface area contributed by atoms with Gasteiger partial charge in [0.15, 0.2) is 0 Å². The first kappa shape index (κ1) is 21.7. The molecule has 31 heavy (non-hydrogen) atoms. The van der Waals surface area contributed by atoms with Crippen LogP contribution in [0.15, 0.2) is 72.8 Å². The number of benzene rings is 3. The molecule has 3 aromatic rings. The Bertz CT molecular complexity index is 1100. The molecule has 0 saturated carbocycles. The van der Waals surface area contributed by atoms with Gasteiger partial charge in [0.2, 0.25) is 5.91 Å². The van der Waals surface area contributed by atoms with Gasteiger partial charge < -0.3 is 15.4 Å². The predicted molar refractivity (Wildman–Crippen MR) is 115 cm³/mol. The van der Waals surface area contributed by atoms with Crippen molar-refractivity contribution in [3.63, 3.8) is 0 Å². The SMILES string of the molecule is CC(=O)Oc1cccc(C(=O)Nc2cccc(NC(=O)CCc3ccc(F)cc3)c2)c1. The molecular weight excluding hydrogens is 399 g/mol. The summed E-state index contributed by atoms with van der Waals surface area (Å²) in [4.78, 5) is 35.8. The third-order valence-electron chi connectivity index (χ3n) is 4.32. The molecule has 0 radical (unpaired) electrons. The van der Waals surface area contributed by atoms with Crippen LogP contribution < -0.4 is 15.4 Å². The van der Waals surface area contributed by atoms with Crippen molar-refractivity contribution in [1.29, 1.82) is 0 Å². The molecule has 0 atom stereocenters. The van der Waals surface area contributed by atoms with E-state index in [1.54, 1.807) is 54.6 Å². The maximum Gasteiger partial charge on any atom is 0.308 e. The number of rotatable bonds is 7. The van der Waals surface area contributed by atoms with Crippen molar-refractivity contribution in [2.75, 3.05) is 10.6 Å². The number of hydrogen-bond acceptors (Lipinski definition) is 4. The third-order valence-corrected chi connectivity index (χ3v) is 4.32. The maximum atomic E-state index is 13.0. The Morgan fingerprint density at radius 3 is 2.26 bits per heavy atom. The van der Waals surface area contributed by atoms with Crippen LogP contribution in [0.3, 0.4) is 0 Å². The lowest BCUT2D eigenvalue weighted by Gasteiger charge is -2.10. The van der Waals surface area contributed by atoms with E-state index in [9.17, 15) is 18.8 Å². The van der Waals surface area contributed by atoms with Gasteiger partial charge in [-0.1, -0.05) is 24.3 Å². The van der Waals surface area contributed by atoms with Gasteiger partial charge in [-0.2, -0.15) is 0 Å². The van der Waals surface area contributed by atoms with Crippen LogP contribution in [0.1, 0.15) is 29.3 Å². The summed E-state index contributed by atoms with van der Waals surface area (Å²) in [6.07, 6.45) is 0.729. The summed E-state index contributed by atoms with van der Waals surface area (Å²) in [5, 5.41) is 5.54. The number of halogens is 1. The van der Waals surface area contributed by atoms with E-state index in [0.29, 0.717) is 23.4 Å². The van der Waals surface area contributed by atoms with Crippen LogP contribution >= 0.6 is 0 Å². The zero-order chi connectivity index (χ0) is 22.2. The highest BCUT2D eigenvalue weighted by Crippen LogP contribution is 2.19. The lowest BCUT2D eigenvalue weighted by atomic mass is 10.1. The Morgan fingerprint density at radius 2 is 1.55 bits per heavy atom. The van der Waals surface area contributed by atoms with E-state index in [1.165, 1.54) is 25.1 Å². The highest BCUT2D eigenvalue weighted by Gasteiger charge is 2.10. The molecule has 0 aliphatic heterocycles. The summed E-state index contributed by atoms with van der Waals surface area (Å²) in [7, 11) is 0. The van der Waals surface area contributed by atoms with Crippen molar-refractivity contribution >= 4 is 29.2 Å². The second-order valence-corrected chi connectivity index (χ2v) is 6.83. The summed E-state index contributed by atoms with van der Waals surface area (Å²) in [6.45, 7) is 1.28. The number of anilines is 2. The molecule has 6 nitrogen and oxygen atoms in total. The van der Waals surface area contributed by atoms with Gasteiger partial charge in [-0.25, -0.2) is 4.39 Å². The van der Waals surface area contributed by atoms with Crippen LogP contribution in [0.5, 0.6) is 5.75 Å². The molecule has 0 aliphatic rings. The van der Waals surface area contributed by atoms with Gasteiger partial charge in [0, 0.05) is 30.3 Å². The molecule has 7 heteroatoms. The first-order valence-corrected chi connectivity index (χ1v) is 9.63. The van der Waals surface area contributed by atoms with Gasteiger partial charge in [-0.3, -0.25) is 14.4 Å². The van der Waals surface area contributed by atoms with Crippen LogP contribution in [0.4, 0.5) is 15.8 Å². The molecule has 2 N–H and O–H groups in total. The lowest BCUT2D eigenvalue weighted by molar-refractivity contribution is -0.131. The molecule has 0 fully saturated rings. The van der Waals surface area contributed by atoms with E-state index >= 15 is 0 Å². The average Bonchev–Trinajstić information content (AvgIpc) is 2.73. The zero-order valence-electron chi connectivity index (χ0n) is 16.9. The minimum absolute atomic E-state index is 0.193. The van der Waals surface area contributed by atoms with Crippen LogP contribution in [0.2, 0.25) is 0 Å². The Morgan fingerprint density at radius 1 is 0.871 bits per heavy atom. The minimum atomic E-state index is -0.472. The summed E-state index contributed by atoms with van der Waals surface area (Å²) in [5.74, 6) is -1.08. The molecule has 0 aromatic heterocycles. The third kappa shape index (κ3) is 6.78. The summed E-state index contributed by atoms with van der Waals surface area (Å²) in [5.41, 5.74) is 2.23. The summed E-state index contributed by atoms with van der Waals surface area (Å²) in [6, 6.07) is 19.1. The van der Waals surface area contributed by atoms with E-state index in [4.69, 9.17) is 4.74 Å². The Balaban J connectivity index is 1.58. The van der Waals surface area contributed by atoms with Gasteiger partial charge in [0.05, 0.1) is 0 Å². The number of esters is 1. The number of hydrogen-bond donors (Lipinski definition) is 2. The van der Waals surface area contributed by atoms with Crippen molar-refractivity contribution in [3.05, 3.63) is 89.7 Å². The van der Waals surface area contributed by atoms with E-state index in [0.717, 1.165) is 5.56 Å². The Kier molecular flexibility index (Phi) is 7.11. The minimum Gasteiger partial charge on any atom is -0.427 e. The maximum absolute atomic E-state index is 13.0. The molecule has 0 saturated heterocycles. The highest BCUT2D eigenvalue weighted by atomic mass is 19.1. The lowest BCUT2D eigenvalue weighted by Crippen LogP contribution is -2.14. The van der Waals surface area contributed by atoms with Gasteiger partial charge in [-0.05, 0) is 60.5 Å². The number of carbonyl (C=O) groups excluding carboxylic acids is 3. The largest absolute Gasteiger partial charge is 0.427 e. The highest BCUT2D eigenvalue weighted by molar-refractivity contribution is 6.05. The van der Waals surface area contributed by atoms with Crippen molar-refractivity contribution < 1.29 is 23.5 Å². The fraction of sp³-hybridized carbons (Fsp3) is 0.125. The van der Waals surface area contributed by atoms with Gasteiger partial charge in [-0.15, -0.1) is 0 Å². The molecule has 158 valence electrons. The monoisotopic (exact) mass is 420 g/mol. The van der Waals surface area contributed by atoms with E-state index in [-0.39, 0.29) is 29.8 Å². The Labute approximate surface area is 179 Å². The zero-order valence-corrected chi connectivity index (χ0v) is 16.9. The van der Waals surface area contributed by atoms with E-state index < -0.39 is 5.97 Å². The first-order valence-electron chi connectivity index (χ1n) is 9.63. The normalized spacial score (nSPS) is 10.3. The first-order chi connectivity index (χ1) is 14.9. The van der Waals surface area contributed by atoms with Crippen molar-refractivity contribution in [3.8, 4) is 5.75 Å². The van der Waals surface area contributed by atoms with Crippen molar-refractivity contribution in [2.24, 2.45) is 0 Å². The summed E-state index contributed by atoms with van der Waals surface area (Å²) < 4.78 is 17.9. The molecule has 3 aromatic carbocycles. The molecule has 0 spiro atoms. The van der Waals surface area contributed by atoms with Crippen LogP contribution in [0, 0.1) is 5.82 Å². The molecule has 0 heterocycles. The number of aryl methyl sites for hydroxylation is 1. The second-order valence-electron chi connectivity index (χ2n) is 6.83. The van der Waals surface area contributed by atoms with E-state index in [1.807, 2.05) is 0 Å². The van der Waals surface area contributed by atoms with Crippen molar-refractivity contribution in [1.82, 2.24) is 0 Å². The number of nitrogens with one attached hydrogen (secondary N) is 2. The summed E-state index contributed by atoms with van der Waals surface area (Å²) >= 11 is 0. The van der Waals surface area contributed by atoms with Crippen LogP contribution in [0.25, 0.3) is 0 Å². The molecular formula is C24H21FN2O4. The van der Waals surface area contributed by atoms with Gasteiger partial charge >= 0.3 is 5.97 Å². The van der Waals surface area contributed by atoms with Gasteiger partial charge in [0.1, 0.15) is 11.6 Å². The van der Waals surface area contributed by atoms with E-state index in [2.05, 4.69) is 10.6 Å². The molecule has 0 bridgehead atoms. The fourth-order valence-corrected chi connectivity index (χ4v) is 2.88. The van der Waals surface area contributed by atoms with Crippen LogP contribution in [-0.2, 0) is 16.0 Å². The van der Waals surface area contributed by atoms with Crippen LogP contribution in [-0.4, -0.2) is 17.8 Å². The number of amides is 2. The quantitative estimate of drug-likeness (QED) is 0.433. The smallest absolute Gasteiger partial charge is 0.308 e. The van der Waals surface area contributed by atoms with Crippen molar-refractivity contribution in [2.45, 2.75) is 19.8 Å².